The number of fused-ring (bicyclic) bond motifs is 1. The van der Waals surface area contributed by atoms with Crippen molar-refractivity contribution in [2.45, 2.75) is 6.92 Å². The van der Waals surface area contributed by atoms with E-state index in [4.69, 9.17) is 4.42 Å². The average Bonchev–Trinajstić information content (AvgIpc) is 2.82. The Morgan fingerprint density at radius 3 is 2.95 bits per heavy atom. The summed E-state index contributed by atoms with van der Waals surface area (Å²) in [6, 6.07) is 8.00. The van der Waals surface area contributed by atoms with E-state index in [1.807, 2.05) is 6.92 Å². The van der Waals surface area contributed by atoms with Gasteiger partial charge < -0.3 is 9.73 Å². The molecule has 96 valence electrons. The molecule has 0 aliphatic rings. The average molecular weight is 257 g/mol. The summed E-state index contributed by atoms with van der Waals surface area (Å²) in [6.07, 6.45) is 1.47. The first kappa shape index (κ1) is 11.6. The predicted octanol–water partition coefficient (Wildman–Crippen LogP) is 3.46. The third kappa shape index (κ3) is 2.27. The molecule has 0 atom stereocenters. The third-order valence-electron chi connectivity index (χ3n) is 2.76. The fourth-order valence-corrected chi connectivity index (χ4v) is 1.91. The van der Waals surface area contributed by atoms with Crippen LogP contribution in [0.4, 0.5) is 10.2 Å². The van der Waals surface area contributed by atoms with Crippen molar-refractivity contribution in [2.75, 3.05) is 11.9 Å². The lowest BCUT2D eigenvalue weighted by atomic mass is 10.2. The minimum absolute atomic E-state index is 0.282. The largest absolute Gasteiger partial charge is 0.454 e. The monoisotopic (exact) mass is 257 g/mol. The van der Waals surface area contributed by atoms with Gasteiger partial charge in [0.2, 0.25) is 0 Å². The van der Waals surface area contributed by atoms with E-state index in [0.29, 0.717) is 17.0 Å². The van der Waals surface area contributed by atoms with Crippen molar-refractivity contribution in [3.05, 3.63) is 42.5 Å². The smallest absolute Gasteiger partial charge is 0.153 e. The number of hydrogen-bond acceptors (Lipinski definition) is 4. The van der Waals surface area contributed by atoms with Gasteiger partial charge in [0.15, 0.2) is 5.76 Å². The quantitative estimate of drug-likeness (QED) is 0.780. The van der Waals surface area contributed by atoms with Crippen LogP contribution in [0.25, 0.3) is 22.4 Å². The lowest BCUT2D eigenvalue weighted by Gasteiger charge is -2.02. The molecule has 0 unspecified atom stereocenters. The zero-order valence-corrected chi connectivity index (χ0v) is 10.4. The zero-order chi connectivity index (χ0) is 13.2. The van der Waals surface area contributed by atoms with Gasteiger partial charge in [0.1, 0.15) is 29.2 Å². The highest BCUT2D eigenvalue weighted by molar-refractivity contribution is 5.82. The van der Waals surface area contributed by atoms with Crippen molar-refractivity contribution in [2.24, 2.45) is 0 Å². The molecule has 1 N–H and O–H groups in total. The molecule has 3 aromatic rings. The van der Waals surface area contributed by atoms with Crippen LogP contribution in [0.2, 0.25) is 0 Å². The fourth-order valence-electron chi connectivity index (χ4n) is 1.91. The second kappa shape index (κ2) is 4.68. The van der Waals surface area contributed by atoms with Gasteiger partial charge in [0, 0.05) is 18.0 Å². The van der Waals surface area contributed by atoms with Crippen LogP contribution >= 0.6 is 0 Å². The molecule has 0 saturated heterocycles. The van der Waals surface area contributed by atoms with Gasteiger partial charge in [-0.1, -0.05) is 0 Å². The Hall–Kier alpha value is -2.43. The first-order valence-corrected chi connectivity index (χ1v) is 6.01. The van der Waals surface area contributed by atoms with E-state index in [1.54, 1.807) is 18.2 Å². The van der Waals surface area contributed by atoms with Crippen molar-refractivity contribution < 1.29 is 8.81 Å². The fraction of sp³-hybridized carbons (Fsp3) is 0.143. The van der Waals surface area contributed by atoms with E-state index in [1.165, 1.54) is 18.5 Å². The van der Waals surface area contributed by atoms with E-state index in [-0.39, 0.29) is 5.82 Å². The van der Waals surface area contributed by atoms with Crippen LogP contribution in [0.15, 0.2) is 41.1 Å². The minimum atomic E-state index is -0.282. The second-order valence-electron chi connectivity index (χ2n) is 4.11. The molecule has 0 aliphatic heterocycles. The minimum Gasteiger partial charge on any atom is -0.454 e. The van der Waals surface area contributed by atoms with Crippen molar-refractivity contribution >= 4 is 16.8 Å². The molecule has 0 spiro atoms. The SMILES string of the molecule is CCNc1cc(-c2cc3cc(F)ccc3o2)ncn1. The number of aromatic nitrogens is 2. The Kier molecular flexibility index (Phi) is 2.87. The van der Waals surface area contributed by atoms with E-state index in [0.717, 1.165) is 17.7 Å². The Labute approximate surface area is 109 Å². The zero-order valence-electron chi connectivity index (χ0n) is 10.4. The second-order valence-corrected chi connectivity index (χ2v) is 4.11. The molecule has 3 rings (SSSR count). The molecule has 0 amide bonds. The van der Waals surface area contributed by atoms with Gasteiger partial charge in [-0.2, -0.15) is 0 Å². The van der Waals surface area contributed by atoms with E-state index in [2.05, 4.69) is 15.3 Å². The molecule has 1 aromatic carbocycles. The number of benzene rings is 1. The highest BCUT2D eigenvalue weighted by Gasteiger charge is 2.09. The van der Waals surface area contributed by atoms with Crippen molar-refractivity contribution in [1.82, 2.24) is 9.97 Å². The van der Waals surface area contributed by atoms with Gasteiger partial charge in [-0.3, -0.25) is 0 Å². The highest BCUT2D eigenvalue weighted by Crippen LogP contribution is 2.27. The third-order valence-corrected chi connectivity index (χ3v) is 2.76. The van der Waals surface area contributed by atoms with Crippen molar-refractivity contribution in [3.63, 3.8) is 0 Å². The van der Waals surface area contributed by atoms with Crippen LogP contribution in [0, 0.1) is 5.82 Å². The van der Waals surface area contributed by atoms with Gasteiger partial charge in [-0.25, -0.2) is 14.4 Å². The number of nitrogens with one attached hydrogen (secondary N) is 1. The van der Waals surface area contributed by atoms with Gasteiger partial charge >= 0.3 is 0 Å². The number of hydrogen-bond donors (Lipinski definition) is 1. The lowest BCUT2D eigenvalue weighted by Crippen LogP contribution is -1.99. The summed E-state index contributed by atoms with van der Waals surface area (Å²) < 4.78 is 18.8. The van der Waals surface area contributed by atoms with Gasteiger partial charge in [-0.05, 0) is 31.2 Å². The lowest BCUT2D eigenvalue weighted by molar-refractivity contribution is 0.617. The summed E-state index contributed by atoms with van der Waals surface area (Å²) in [6.45, 7) is 2.77. The summed E-state index contributed by atoms with van der Waals surface area (Å²) in [5.41, 5.74) is 1.31. The first-order valence-electron chi connectivity index (χ1n) is 6.01. The van der Waals surface area contributed by atoms with Crippen molar-refractivity contribution in [1.29, 1.82) is 0 Å². The van der Waals surface area contributed by atoms with E-state index >= 15 is 0 Å². The molecule has 0 radical (unpaired) electrons. The van der Waals surface area contributed by atoms with Gasteiger partial charge in [-0.15, -0.1) is 0 Å². The Balaban J connectivity index is 2.05. The van der Waals surface area contributed by atoms with E-state index < -0.39 is 0 Å². The molecule has 2 heterocycles. The topological polar surface area (TPSA) is 51.0 Å². The Bertz CT molecular complexity index is 724. The molecule has 19 heavy (non-hydrogen) atoms. The van der Waals surface area contributed by atoms with Gasteiger partial charge in [0.25, 0.3) is 0 Å². The van der Waals surface area contributed by atoms with Crippen molar-refractivity contribution in [3.8, 4) is 11.5 Å². The molecule has 4 nitrogen and oxygen atoms in total. The molecular weight excluding hydrogens is 245 g/mol. The molecule has 5 heteroatoms. The summed E-state index contributed by atoms with van der Waals surface area (Å²) in [5.74, 6) is 1.05. The van der Waals surface area contributed by atoms with Crippen LogP contribution < -0.4 is 5.32 Å². The Morgan fingerprint density at radius 2 is 2.11 bits per heavy atom. The number of anilines is 1. The van der Waals surface area contributed by atoms with Crippen LogP contribution in [0.5, 0.6) is 0 Å². The molecule has 0 bridgehead atoms. The molecule has 2 aromatic heterocycles. The number of halogens is 1. The number of rotatable bonds is 3. The maximum atomic E-state index is 13.1. The van der Waals surface area contributed by atoms with E-state index in [9.17, 15) is 4.39 Å². The normalized spacial score (nSPS) is 10.8. The number of nitrogens with zero attached hydrogens (tertiary/aromatic N) is 2. The maximum absolute atomic E-state index is 13.1. The van der Waals surface area contributed by atoms with Crippen LogP contribution in [0.3, 0.4) is 0 Å². The predicted molar refractivity (Wildman–Crippen MR) is 71.4 cm³/mol. The standard InChI is InChI=1S/C14H12FN3O/c1-2-16-14-7-11(17-8-18-14)13-6-9-5-10(15)3-4-12(9)19-13/h3-8H,2H2,1H3,(H,16,17,18). The summed E-state index contributed by atoms with van der Waals surface area (Å²) in [7, 11) is 0. The van der Waals surface area contributed by atoms with Gasteiger partial charge in [0.05, 0.1) is 0 Å². The summed E-state index contributed by atoms with van der Waals surface area (Å²) in [5, 5.41) is 3.83. The maximum Gasteiger partial charge on any atom is 0.153 e. The van der Waals surface area contributed by atoms with Crippen LogP contribution in [-0.2, 0) is 0 Å². The first-order chi connectivity index (χ1) is 9.26. The molecule has 0 saturated carbocycles. The highest BCUT2D eigenvalue weighted by atomic mass is 19.1. The van der Waals surface area contributed by atoms with Crippen LogP contribution in [0.1, 0.15) is 6.92 Å². The molecule has 0 aliphatic carbocycles. The molecule has 0 fully saturated rings. The van der Waals surface area contributed by atoms with Crippen LogP contribution in [-0.4, -0.2) is 16.5 Å². The number of furan rings is 1. The molecular formula is C14H12FN3O. The Morgan fingerprint density at radius 1 is 1.21 bits per heavy atom. The summed E-state index contributed by atoms with van der Waals surface area (Å²) in [4.78, 5) is 8.27. The summed E-state index contributed by atoms with van der Waals surface area (Å²) >= 11 is 0.